The average molecular weight is 484 g/mol. The molecule has 1 saturated carbocycles. The van der Waals surface area contributed by atoms with E-state index in [0.29, 0.717) is 31.9 Å². The lowest BCUT2D eigenvalue weighted by molar-refractivity contribution is -0.116. The fraction of sp³-hybridized carbons (Fsp3) is 0.375. The van der Waals surface area contributed by atoms with Crippen LogP contribution in [0.15, 0.2) is 35.4 Å². The predicted octanol–water partition coefficient (Wildman–Crippen LogP) is 3.68. The van der Waals surface area contributed by atoms with Crippen molar-refractivity contribution in [2.45, 2.75) is 51.7 Å². The molecule has 0 aliphatic heterocycles. The highest BCUT2D eigenvalue weighted by molar-refractivity contribution is 7.20. The molecule has 0 bridgehead atoms. The lowest BCUT2D eigenvalue weighted by Gasteiger charge is -2.21. The normalized spacial score (nSPS) is 14.1. The Morgan fingerprint density at radius 1 is 1.12 bits per heavy atom. The second-order valence-corrected chi connectivity index (χ2v) is 9.20. The summed E-state index contributed by atoms with van der Waals surface area (Å²) in [6.07, 6.45) is 6.20. The molecule has 1 aromatic carbocycles. The molecule has 0 unspecified atom stereocenters. The lowest BCUT2D eigenvalue weighted by Crippen LogP contribution is -2.28. The Morgan fingerprint density at radius 2 is 1.82 bits per heavy atom. The van der Waals surface area contributed by atoms with Gasteiger partial charge in [-0.2, -0.15) is 0 Å². The van der Waals surface area contributed by atoms with Gasteiger partial charge in [0, 0.05) is 5.69 Å². The number of carbonyl (C=O) groups excluding carboxylic acids is 3. The largest absolute Gasteiger partial charge is 0.465 e. The summed E-state index contributed by atoms with van der Waals surface area (Å²) in [4.78, 5) is 54.9. The zero-order valence-corrected chi connectivity index (χ0v) is 19.8. The first-order chi connectivity index (χ1) is 16.4. The van der Waals surface area contributed by atoms with E-state index in [2.05, 4.69) is 15.0 Å². The zero-order chi connectivity index (χ0) is 24.2. The van der Waals surface area contributed by atoms with Crippen LogP contribution in [0.3, 0.4) is 0 Å². The van der Waals surface area contributed by atoms with Gasteiger partial charge >= 0.3 is 11.9 Å². The average Bonchev–Trinajstić information content (AvgIpc) is 3.18. The number of aryl methyl sites for hydroxylation is 1. The van der Waals surface area contributed by atoms with E-state index in [1.54, 1.807) is 19.1 Å². The van der Waals surface area contributed by atoms with Crippen molar-refractivity contribution >= 4 is 45.1 Å². The number of nitrogens with zero attached hydrogens (tertiary/aromatic N) is 2. The van der Waals surface area contributed by atoms with E-state index in [9.17, 15) is 19.2 Å². The van der Waals surface area contributed by atoms with Crippen molar-refractivity contribution in [3.63, 3.8) is 0 Å². The van der Waals surface area contributed by atoms with E-state index in [1.807, 2.05) is 0 Å². The molecule has 0 spiro atoms. The molecule has 1 N–H and O–H groups in total. The molecule has 1 aliphatic rings. The number of hydrogen-bond acceptors (Lipinski definition) is 8. The summed E-state index contributed by atoms with van der Waals surface area (Å²) in [5.74, 6) is -1.33. The molecule has 1 aliphatic carbocycles. The molecule has 2 aromatic heterocycles. The Morgan fingerprint density at radius 3 is 2.50 bits per heavy atom. The van der Waals surface area contributed by atoms with Gasteiger partial charge in [-0.25, -0.2) is 14.6 Å². The Bertz CT molecular complexity index is 1290. The van der Waals surface area contributed by atoms with Crippen LogP contribution in [0.25, 0.3) is 10.2 Å². The highest BCUT2D eigenvalue weighted by Crippen LogP contribution is 2.29. The predicted molar refractivity (Wildman–Crippen MR) is 127 cm³/mol. The van der Waals surface area contributed by atoms with Crippen LogP contribution in [0, 0.1) is 6.92 Å². The number of methoxy groups -OCH3 is 1. The number of ether oxygens (including phenoxy) is 2. The van der Waals surface area contributed by atoms with Crippen LogP contribution >= 0.6 is 11.3 Å². The molecule has 1 amide bonds. The Hall–Kier alpha value is -3.53. The molecule has 1 fully saturated rings. The smallest absolute Gasteiger partial charge is 0.348 e. The second kappa shape index (κ2) is 10.2. The van der Waals surface area contributed by atoms with Crippen molar-refractivity contribution < 1.29 is 23.9 Å². The van der Waals surface area contributed by atoms with Gasteiger partial charge in [0.05, 0.1) is 24.4 Å². The number of benzene rings is 1. The molecule has 10 heteroatoms. The summed E-state index contributed by atoms with van der Waals surface area (Å²) >= 11 is 1.13. The van der Waals surface area contributed by atoms with Crippen LogP contribution in [-0.4, -0.2) is 40.6 Å². The minimum Gasteiger partial charge on any atom is -0.465 e. The van der Waals surface area contributed by atoms with Crippen LogP contribution in [0.5, 0.6) is 0 Å². The number of esters is 2. The van der Waals surface area contributed by atoms with E-state index in [-0.39, 0.29) is 12.6 Å². The fourth-order valence-electron chi connectivity index (χ4n) is 4.02. The van der Waals surface area contributed by atoms with Gasteiger partial charge in [-0.1, -0.05) is 6.42 Å². The summed E-state index contributed by atoms with van der Waals surface area (Å²) in [6.45, 7) is 1.45. The van der Waals surface area contributed by atoms with Crippen LogP contribution in [0.4, 0.5) is 5.69 Å². The standard InChI is InChI=1S/C24H25N3O6S/c1-14-19-21(34-20(14)24(31)33-17-6-4-3-5-7-17)25-13-27(22(19)29)12-18(28)26-16-10-8-15(9-11-16)23(30)32-2/h8-11,13,17H,3-7,12H2,1-2H3,(H,26,28). The summed E-state index contributed by atoms with van der Waals surface area (Å²) in [5.41, 5.74) is 0.953. The summed E-state index contributed by atoms with van der Waals surface area (Å²) in [5, 5.41) is 3.00. The minimum atomic E-state index is -0.475. The van der Waals surface area contributed by atoms with Crippen molar-refractivity contribution in [2.24, 2.45) is 0 Å². The number of hydrogen-bond donors (Lipinski definition) is 1. The van der Waals surface area contributed by atoms with Gasteiger partial charge in [0.25, 0.3) is 5.56 Å². The summed E-state index contributed by atoms with van der Waals surface area (Å²) < 4.78 is 11.5. The maximum absolute atomic E-state index is 13.1. The molecular formula is C24H25N3O6S. The van der Waals surface area contributed by atoms with Gasteiger partial charge in [0.2, 0.25) is 5.91 Å². The number of thiophene rings is 1. The van der Waals surface area contributed by atoms with Gasteiger partial charge in [-0.15, -0.1) is 11.3 Å². The number of rotatable bonds is 6. The molecule has 9 nitrogen and oxygen atoms in total. The Balaban J connectivity index is 1.49. The third kappa shape index (κ3) is 5.01. The molecule has 0 saturated heterocycles. The third-order valence-electron chi connectivity index (χ3n) is 5.83. The van der Waals surface area contributed by atoms with Crippen molar-refractivity contribution in [2.75, 3.05) is 12.4 Å². The van der Waals surface area contributed by atoms with Gasteiger partial charge in [0.1, 0.15) is 22.4 Å². The van der Waals surface area contributed by atoms with Crippen molar-refractivity contribution in [1.29, 1.82) is 0 Å². The van der Waals surface area contributed by atoms with E-state index >= 15 is 0 Å². The number of amides is 1. The van der Waals surface area contributed by atoms with Gasteiger partial charge in [0.15, 0.2) is 0 Å². The molecule has 2 heterocycles. The first kappa shape index (κ1) is 23.6. The highest BCUT2D eigenvalue weighted by Gasteiger charge is 2.24. The molecule has 0 atom stereocenters. The molecule has 4 rings (SSSR count). The molecule has 3 aromatic rings. The van der Waals surface area contributed by atoms with Gasteiger partial charge in [-0.05, 0) is 62.4 Å². The number of aromatic nitrogens is 2. The second-order valence-electron chi connectivity index (χ2n) is 8.20. The van der Waals surface area contributed by atoms with Crippen molar-refractivity contribution in [1.82, 2.24) is 9.55 Å². The van der Waals surface area contributed by atoms with Crippen LogP contribution in [0.1, 0.15) is 57.7 Å². The van der Waals surface area contributed by atoms with Crippen LogP contribution < -0.4 is 10.9 Å². The summed E-state index contributed by atoms with van der Waals surface area (Å²) in [7, 11) is 1.29. The van der Waals surface area contributed by atoms with E-state index in [4.69, 9.17) is 4.74 Å². The van der Waals surface area contributed by atoms with Gasteiger partial charge < -0.3 is 14.8 Å². The maximum atomic E-state index is 13.1. The first-order valence-corrected chi connectivity index (χ1v) is 11.9. The highest BCUT2D eigenvalue weighted by atomic mass is 32.1. The molecule has 0 radical (unpaired) electrons. The topological polar surface area (TPSA) is 117 Å². The minimum absolute atomic E-state index is 0.0825. The maximum Gasteiger partial charge on any atom is 0.348 e. The summed E-state index contributed by atoms with van der Waals surface area (Å²) in [6, 6.07) is 6.21. The van der Waals surface area contributed by atoms with E-state index < -0.39 is 23.4 Å². The molecule has 34 heavy (non-hydrogen) atoms. The quantitative estimate of drug-likeness (QED) is 0.532. The van der Waals surface area contributed by atoms with Crippen LogP contribution in [-0.2, 0) is 20.8 Å². The van der Waals surface area contributed by atoms with Gasteiger partial charge in [-0.3, -0.25) is 14.2 Å². The number of fused-ring (bicyclic) bond motifs is 1. The number of nitrogens with one attached hydrogen (secondary N) is 1. The Labute approximate surface area is 199 Å². The number of anilines is 1. The lowest BCUT2D eigenvalue weighted by atomic mass is 9.98. The third-order valence-corrected chi connectivity index (χ3v) is 7.01. The van der Waals surface area contributed by atoms with Crippen molar-refractivity contribution in [3.05, 3.63) is 57.0 Å². The number of carbonyl (C=O) groups is 3. The zero-order valence-electron chi connectivity index (χ0n) is 19.0. The molecule has 178 valence electrons. The monoisotopic (exact) mass is 483 g/mol. The Kier molecular flexibility index (Phi) is 7.06. The van der Waals surface area contributed by atoms with Crippen molar-refractivity contribution in [3.8, 4) is 0 Å². The van der Waals surface area contributed by atoms with Crippen LogP contribution in [0.2, 0.25) is 0 Å². The molecular weight excluding hydrogens is 458 g/mol. The fourth-order valence-corrected chi connectivity index (χ4v) is 5.04. The van der Waals surface area contributed by atoms with E-state index in [0.717, 1.165) is 43.4 Å². The SMILES string of the molecule is COC(=O)c1ccc(NC(=O)Cn2cnc3sc(C(=O)OC4CCCCC4)c(C)c3c2=O)cc1. The van der Waals surface area contributed by atoms with E-state index in [1.165, 1.54) is 30.1 Å². The first-order valence-electron chi connectivity index (χ1n) is 11.0.